The van der Waals surface area contributed by atoms with Crippen LogP contribution >= 0.6 is 47.2 Å². The van der Waals surface area contributed by atoms with Gasteiger partial charge in [0.2, 0.25) is 0 Å². The molecule has 2 N–H and O–H groups in total. The van der Waals surface area contributed by atoms with Gasteiger partial charge in [0.05, 0.1) is 11.6 Å². The number of nitrogens with one attached hydrogen (secondary N) is 2. The molecule has 0 aliphatic rings. The van der Waals surface area contributed by atoms with E-state index in [2.05, 4.69) is 20.4 Å². The van der Waals surface area contributed by atoms with Crippen molar-refractivity contribution in [3.8, 4) is 5.75 Å². The number of nitrogens with zero attached hydrogens (tertiary/aromatic N) is 1. The first-order valence-electron chi connectivity index (χ1n) is 6.42. The fourth-order valence-electron chi connectivity index (χ4n) is 1.63. The minimum absolute atomic E-state index is 0. The number of ether oxygens (including phenoxy) is 1. The number of halogens is 5. The molecule has 4 nitrogen and oxygen atoms in total. The average molecular weight is 468 g/mol. The quantitative estimate of drug-likeness (QED) is 0.372. The van der Waals surface area contributed by atoms with Crippen molar-refractivity contribution >= 4 is 53.1 Å². The van der Waals surface area contributed by atoms with E-state index in [-0.39, 0.29) is 41.3 Å². The van der Waals surface area contributed by atoms with Crippen LogP contribution < -0.4 is 15.4 Å². The highest BCUT2D eigenvalue weighted by atomic mass is 127. The smallest absolute Gasteiger partial charge is 0.387 e. The Bertz CT molecular complexity index is 496. The minimum Gasteiger partial charge on any atom is -0.433 e. The molecule has 1 rings (SSSR count). The molecule has 0 atom stereocenters. The van der Waals surface area contributed by atoms with E-state index in [4.69, 9.17) is 23.2 Å². The van der Waals surface area contributed by atoms with Crippen LogP contribution in [-0.4, -0.2) is 25.7 Å². The van der Waals surface area contributed by atoms with Crippen molar-refractivity contribution in [2.45, 2.75) is 27.0 Å². The molecule has 0 saturated carbocycles. The fourth-order valence-corrected chi connectivity index (χ4v) is 2.21. The van der Waals surface area contributed by atoms with Crippen LogP contribution in [0.25, 0.3) is 0 Å². The summed E-state index contributed by atoms with van der Waals surface area (Å²) in [7, 11) is 0. The molecule has 1 aromatic rings. The molecule has 0 aliphatic carbocycles. The summed E-state index contributed by atoms with van der Waals surface area (Å²) in [5.41, 5.74) is 0.390. The molecule has 0 spiro atoms. The van der Waals surface area contributed by atoms with Gasteiger partial charge in [-0.3, -0.25) is 0 Å². The Kier molecular flexibility index (Phi) is 10.8. The summed E-state index contributed by atoms with van der Waals surface area (Å²) in [5, 5.41) is 6.42. The van der Waals surface area contributed by atoms with Crippen molar-refractivity contribution in [1.82, 2.24) is 10.6 Å². The zero-order valence-corrected chi connectivity index (χ0v) is 16.0. The fraction of sp³-hybridized carbons (Fsp3) is 0.462. The molecule has 0 fully saturated rings. The van der Waals surface area contributed by atoms with Gasteiger partial charge in [-0.05, 0) is 26.0 Å². The molecular weight excluding hydrogens is 450 g/mol. The molecule has 0 bridgehead atoms. The highest BCUT2D eigenvalue weighted by Crippen LogP contribution is 2.34. The Morgan fingerprint density at radius 3 is 2.32 bits per heavy atom. The molecule has 0 aliphatic heterocycles. The predicted molar refractivity (Wildman–Crippen MR) is 97.0 cm³/mol. The van der Waals surface area contributed by atoms with Crippen LogP contribution in [0.2, 0.25) is 10.0 Å². The van der Waals surface area contributed by atoms with E-state index >= 15 is 0 Å². The maximum Gasteiger partial charge on any atom is 0.387 e. The Labute approximate surface area is 155 Å². The molecule has 0 aromatic heterocycles. The largest absolute Gasteiger partial charge is 0.433 e. The lowest BCUT2D eigenvalue weighted by molar-refractivity contribution is -0.0503. The monoisotopic (exact) mass is 467 g/mol. The Morgan fingerprint density at radius 2 is 1.82 bits per heavy atom. The van der Waals surface area contributed by atoms with Crippen molar-refractivity contribution in [2.24, 2.45) is 4.99 Å². The van der Waals surface area contributed by atoms with E-state index < -0.39 is 6.61 Å². The summed E-state index contributed by atoms with van der Waals surface area (Å²) in [5.74, 6) is 0.464. The topological polar surface area (TPSA) is 45.7 Å². The van der Waals surface area contributed by atoms with Gasteiger partial charge in [-0.1, -0.05) is 23.2 Å². The standard InChI is InChI=1S/C13H17Cl2F2N3O.HI/c1-3-18-13(19-4-2)20-7-8-5-9(14)6-10(15)11(8)21-12(16)17;/h5-6,12H,3-4,7H2,1-2H3,(H2,18,19,20);1H. The normalized spacial score (nSPS) is 9.95. The van der Waals surface area contributed by atoms with Gasteiger partial charge in [-0.25, -0.2) is 4.99 Å². The molecule has 0 saturated heterocycles. The van der Waals surface area contributed by atoms with E-state index in [0.717, 1.165) is 0 Å². The summed E-state index contributed by atoms with van der Waals surface area (Å²) >= 11 is 11.8. The van der Waals surface area contributed by atoms with Crippen LogP contribution in [0.1, 0.15) is 19.4 Å². The molecule has 9 heteroatoms. The second-order valence-corrected chi connectivity index (χ2v) is 4.82. The van der Waals surface area contributed by atoms with Gasteiger partial charge in [0, 0.05) is 23.7 Å². The van der Waals surface area contributed by atoms with Crippen LogP contribution in [0, 0.1) is 0 Å². The first kappa shape index (κ1) is 21.5. The summed E-state index contributed by atoms with van der Waals surface area (Å²) in [6.07, 6.45) is 0. The second kappa shape index (κ2) is 11.1. The van der Waals surface area contributed by atoms with Gasteiger partial charge >= 0.3 is 6.61 Å². The van der Waals surface area contributed by atoms with Crippen molar-refractivity contribution < 1.29 is 13.5 Å². The van der Waals surface area contributed by atoms with Gasteiger partial charge in [-0.2, -0.15) is 8.78 Å². The summed E-state index contributed by atoms with van der Waals surface area (Å²) in [6, 6.07) is 2.85. The zero-order valence-electron chi connectivity index (χ0n) is 12.1. The van der Waals surface area contributed by atoms with E-state index in [0.29, 0.717) is 29.6 Å². The number of rotatable bonds is 6. The van der Waals surface area contributed by atoms with Crippen molar-refractivity contribution in [3.63, 3.8) is 0 Å². The highest BCUT2D eigenvalue weighted by molar-refractivity contribution is 14.0. The minimum atomic E-state index is -2.96. The lowest BCUT2D eigenvalue weighted by Crippen LogP contribution is -2.37. The highest BCUT2D eigenvalue weighted by Gasteiger charge is 2.15. The third-order valence-electron chi connectivity index (χ3n) is 2.39. The lowest BCUT2D eigenvalue weighted by atomic mass is 10.2. The summed E-state index contributed by atoms with van der Waals surface area (Å²) in [6.45, 7) is 2.36. The van der Waals surface area contributed by atoms with Gasteiger partial charge in [0.15, 0.2) is 5.96 Å². The maximum absolute atomic E-state index is 12.4. The molecular formula is C13H18Cl2F2IN3O. The van der Waals surface area contributed by atoms with Crippen molar-refractivity contribution in [3.05, 3.63) is 27.7 Å². The van der Waals surface area contributed by atoms with Crippen LogP contribution in [0.15, 0.2) is 17.1 Å². The Hall–Kier alpha value is -0.540. The maximum atomic E-state index is 12.4. The van der Waals surface area contributed by atoms with E-state index in [1.54, 1.807) is 0 Å². The SMILES string of the molecule is CCNC(=NCc1cc(Cl)cc(Cl)c1OC(F)F)NCC.I. The van der Waals surface area contributed by atoms with Crippen LogP contribution in [0.4, 0.5) is 8.78 Å². The first-order valence-corrected chi connectivity index (χ1v) is 7.18. The molecule has 126 valence electrons. The van der Waals surface area contributed by atoms with Crippen LogP contribution in [0.5, 0.6) is 5.75 Å². The number of guanidine groups is 1. The molecule has 22 heavy (non-hydrogen) atoms. The Morgan fingerprint density at radius 1 is 1.23 bits per heavy atom. The first-order chi connectivity index (χ1) is 9.97. The number of alkyl halides is 2. The zero-order chi connectivity index (χ0) is 15.8. The number of aliphatic imine (C=N–C) groups is 1. The van der Waals surface area contributed by atoms with Crippen molar-refractivity contribution in [1.29, 1.82) is 0 Å². The number of hydrogen-bond donors (Lipinski definition) is 2. The van der Waals surface area contributed by atoms with E-state index in [1.807, 2.05) is 13.8 Å². The lowest BCUT2D eigenvalue weighted by Gasteiger charge is -2.13. The third kappa shape index (κ3) is 7.15. The summed E-state index contributed by atoms with van der Waals surface area (Å²) < 4.78 is 29.3. The number of hydrogen-bond acceptors (Lipinski definition) is 2. The van der Waals surface area contributed by atoms with Gasteiger partial charge in [0.1, 0.15) is 5.75 Å². The van der Waals surface area contributed by atoms with Gasteiger partial charge < -0.3 is 15.4 Å². The third-order valence-corrected chi connectivity index (χ3v) is 2.89. The molecule has 0 unspecified atom stereocenters. The molecule has 0 radical (unpaired) electrons. The predicted octanol–water partition coefficient (Wildman–Crippen LogP) is 4.29. The van der Waals surface area contributed by atoms with Crippen LogP contribution in [-0.2, 0) is 6.54 Å². The average Bonchev–Trinajstić information content (AvgIpc) is 2.39. The van der Waals surface area contributed by atoms with E-state index in [9.17, 15) is 8.78 Å². The van der Waals surface area contributed by atoms with E-state index in [1.165, 1.54) is 12.1 Å². The molecule has 1 aromatic carbocycles. The Balaban J connectivity index is 0.00000441. The van der Waals surface area contributed by atoms with Crippen molar-refractivity contribution in [2.75, 3.05) is 13.1 Å². The molecule has 0 heterocycles. The van der Waals surface area contributed by atoms with Crippen LogP contribution in [0.3, 0.4) is 0 Å². The number of benzene rings is 1. The summed E-state index contributed by atoms with van der Waals surface area (Å²) in [4.78, 5) is 4.28. The molecule has 0 amide bonds. The van der Waals surface area contributed by atoms with Gasteiger partial charge in [-0.15, -0.1) is 24.0 Å². The van der Waals surface area contributed by atoms with Gasteiger partial charge in [0.25, 0.3) is 0 Å². The second-order valence-electron chi connectivity index (χ2n) is 3.98.